The molecule has 0 radical (unpaired) electrons. The van der Waals surface area contributed by atoms with Crippen molar-refractivity contribution in [2.75, 3.05) is 18.9 Å². The first-order chi connectivity index (χ1) is 7.15. The Morgan fingerprint density at radius 1 is 1.53 bits per heavy atom. The summed E-state index contributed by atoms with van der Waals surface area (Å²) in [4.78, 5) is 25.4. The van der Waals surface area contributed by atoms with Gasteiger partial charge >= 0.3 is 5.97 Å². The summed E-state index contributed by atoms with van der Waals surface area (Å²) in [7, 11) is 1.51. The number of carboxylic acid groups (broad SMARTS) is 1. The maximum Gasteiger partial charge on any atom is 0.339 e. The first-order valence-corrected chi connectivity index (χ1v) is 4.27. The van der Waals surface area contributed by atoms with Gasteiger partial charge in [0.05, 0.1) is 12.2 Å². The van der Waals surface area contributed by atoms with Crippen LogP contribution in [0.5, 0.6) is 0 Å². The van der Waals surface area contributed by atoms with Gasteiger partial charge in [-0.1, -0.05) is 0 Å². The number of likely N-dealkylation sites (N-methyl/N-ethyl adjacent to an activating group) is 1. The van der Waals surface area contributed by atoms with Gasteiger partial charge < -0.3 is 15.7 Å². The molecule has 6 nitrogen and oxygen atoms in total. The molecule has 0 spiro atoms. The molecule has 0 aliphatic heterocycles. The Kier molecular flexibility index (Phi) is 3.61. The Bertz CT molecular complexity index is 379. The van der Waals surface area contributed by atoms with Gasteiger partial charge in [0.1, 0.15) is 5.56 Å². The highest BCUT2D eigenvalue weighted by Gasteiger charge is 2.09. The summed E-state index contributed by atoms with van der Waals surface area (Å²) in [5.74, 6) is -1.30. The minimum atomic E-state index is -1.08. The first kappa shape index (κ1) is 11.0. The van der Waals surface area contributed by atoms with Gasteiger partial charge in [-0.05, 0) is 6.07 Å². The Labute approximate surface area is 86.3 Å². The maximum atomic E-state index is 10.9. The van der Waals surface area contributed by atoms with Crippen LogP contribution >= 0.6 is 0 Å². The summed E-state index contributed by atoms with van der Waals surface area (Å²) in [6.45, 7) is 0.0286. The van der Waals surface area contributed by atoms with Crippen LogP contribution in [0.25, 0.3) is 0 Å². The third-order valence-electron chi connectivity index (χ3n) is 1.77. The number of carboxylic acids is 1. The fraction of sp³-hybridized carbons (Fsp3) is 0.222. The van der Waals surface area contributed by atoms with Crippen molar-refractivity contribution in [3.63, 3.8) is 0 Å². The predicted octanol–water partition coefficient (Wildman–Crippen LogP) is -0.0623. The molecule has 15 heavy (non-hydrogen) atoms. The lowest BCUT2D eigenvalue weighted by Gasteiger charge is -2.07. The van der Waals surface area contributed by atoms with E-state index in [-0.39, 0.29) is 18.0 Å². The number of nitrogens with one attached hydrogen (secondary N) is 2. The van der Waals surface area contributed by atoms with Gasteiger partial charge in [-0.3, -0.25) is 9.78 Å². The molecule has 1 aromatic rings. The van der Waals surface area contributed by atoms with Crippen LogP contribution in [0.2, 0.25) is 0 Å². The highest BCUT2D eigenvalue weighted by atomic mass is 16.4. The second kappa shape index (κ2) is 4.94. The highest BCUT2D eigenvalue weighted by Crippen LogP contribution is 2.12. The summed E-state index contributed by atoms with van der Waals surface area (Å²) in [6, 6.07) is 1.51. The van der Waals surface area contributed by atoms with Gasteiger partial charge in [0.25, 0.3) is 0 Å². The number of hydrogen-bond acceptors (Lipinski definition) is 4. The van der Waals surface area contributed by atoms with Crippen LogP contribution in [0.4, 0.5) is 5.69 Å². The topological polar surface area (TPSA) is 91.3 Å². The van der Waals surface area contributed by atoms with E-state index in [0.29, 0.717) is 5.69 Å². The molecule has 1 aromatic heterocycles. The van der Waals surface area contributed by atoms with Crippen LogP contribution in [0.3, 0.4) is 0 Å². The fourth-order valence-electron chi connectivity index (χ4n) is 0.983. The van der Waals surface area contributed by atoms with Gasteiger partial charge in [0.2, 0.25) is 5.91 Å². The van der Waals surface area contributed by atoms with Gasteiger partial charge in [0.15, 0.2) is 0 Å². The molecule has 3 N–H and O–H groups in total. The van der Waals surface area contributed by atoms with Crippen LogP contribution in [-0.2, 0) is 4.79 Å². The van der Waals surface area contributed by atoms with Crippen LogP contribution < -0.4 is 10.6 Å². The molecular weight excluding hydrogens is 198 g/mol. The van der Waals surface area contributed by atoms with Crippen LogP contribution in [-0.4, -0.2) is 35.6 Å². The van der Waals surface area contributed by atoms with Gasteiger partial charge in [-0.15, -0.1) is 0 Å². The quantitative estimate of drug-likeness (QED) is 0.646. The van der Waals surface area contributed by atoms with Crippen molar-refractivity contribution in [1.29, 1.82) is 0 Å². The average Bonchev–Trinajstić information content (AvgIpc) is 2.26. The Morgan fingerprint density at radius 3 is 2.87 bits per heavy atom. The van der Waals surface area contributed by atoms with E-state index in [2.05, 4.69) is 15.6 Å². The van der Waals surface area contributed by atoms with Gasteiger partial charge in [-0.25, -0.2) is 4.79 Å². The lowest BCUT2D eigenvalue weighted by Crippen LogP contribution is -2.26. The van der Waals surface area contributed by atoms with E-state index in [1.807, 2.05) is 0 Å². The summed E-state index contributed by atoms with van der Waals surface area (Å²) in [6.07, 6.45) is 2.69. The van der Waals surface area contributed by atoms with Crippen LogP contribution in [0, 0.1) is 0 Å². The van der Waals surface area contributed by atoms with Gasteiger partial charge in [0, 0.05) is 19.4 Å². The molecule has 0 aliphatic carbocycles. The summed E-state index contributed by atoms with van der Waals surface area (Å²) < 4.78 is 0. The molecule has 0 saturated heterocycles. The molecule has 0 saturated carbocycles. The number of carbonyl (C=O) groups excluding carboxylic acids is 1. The highest BCUT2D eigenvalue weighted by molar-refractivity contribution is 5.94. The molecule has 1 amide bonds. The first-order valence-electron chi connectivity index (χ1n) is 4.27. The Morgan fingerprint density at radius 2 is 2.27 bits per heavy atom. The molecule has 80 valence electrons. The second-order valence-electron chi connectivity index (χ2n) is 2.75. The molecule has 0 atom stereocenters. The number of aromatic carboxylic acids is 1. The molecule has 1 rings (SSSR count). The fourth-order valence-corrected chi connectivity index (χ4v) is 0.983. The molecule has 0 aromatic carbocycles. The lowest BCUT2D eigenvalue weighted by molar-refractivity contribution is -0.118. The van der Waals surface area contributed by atoms with Crippen molar-refractivity contribution < 1.29 is 14.7 Å². The monoisotopic (exact) mass is 209 g/mol. The minimum absolute atomic E-state index is 0.0286. The third kappa shape index (κ3) is 2.94. The van der Waals surface area contributed by atoms with Crippen molar-refractivity contribution in [2.45, 2.75) is 0 Å². The van der Waals surface area contributed by atoms with E-state index in [9.17, 15) is 9.59 Å². The number of amides is 1. The van der Waals surface area contributed by atoms with Crippen LogP contribution in [0.1, 0.15) is 10.4 Å². The van der Waals surface area contributed by atoms with Crippen molar-refractivity contribution >= 4 is 17.6 Å². The van der Waals surface area contributed by atoms with E-state index in [4.69, 9.17) is 5.11 Å². The molecule has 6 heteroatoms. The Hall–Kier alpha value is -2.11. The summed E-state index contributed by atoms with van der Waals surface area (Å²) in [5, 5.41) is 13.9. The number of nitrogens with zero attached hydrogens (tertiary/aromatic N) is 1. The van der Waals surface area contributed by atoms with Crippen LogP contribution in [0.15, 0.2) is 18.5 Å². The smallest absolute Gasteiger partial charge is 0.339 e. The van der Waals surface area contributed by atoms with Crippen molar-refractivity contribution in [1.82, 2.24) is 10.3 Å². The minimum Gasteiger partial charge on any atom is -0.478 e. The van der Waals surface area contributed by atoms with E-state index in [1.54, 1.807) is 0 Å². The molecule has 0 fully saturated rings. The summed E-state index contributed by atoms with van der Waals surface area (Å²) in [5.41, 5.74) is 0.419. The molecule has 0 bridgehead atoms. The number of pyridine rings is 1. The van der Waals surface area contributed by atoms with Crippen molar-refractivity contribution in [3.8, 4) is 0 Å². The van der Waals surface area contributed by atoms with Crippen molar-refractivity contribution in [2.24, 2.45) is 0 Å². The second-order valence-corrected chi connectivity index (χ2v) is 2.75. The van der Waals surface area contributed by atoms with E-state index < -0.39 is 5.97 Å². The zero-order chi connectivity index (χ0) is 11.3. The van der Waals surface area contributed by atoms with Crippen molar-refractivity contribution in [3.05, 3.63) is 24.0 Å². The number of hydrogen-bond donors (Lipinski definition) is 3. The number of aromatic nitrogens is 1. The predicted molar refractivity (Wildman–Crippen MR) is 53.8 cm³/mol. The largest absolute Gasteiger partial charge is 0.478 e. The number of anilines is 1. The average molecular weight is 209 g/mol. The molecule has 0 unspecified atom stereocenters. The standard InChI is InChI=1S/C9H11N3O3/c1-10-8(13)5-12-7-2-3-11-4-6(7)9(14)15/h2-4H,5H2,1H3,(H,10,13)(H,11,12)(H,14,15). The maximum absolute atomic E-state index is 10.9. The van der Waals surface area contributed by atoms with E-state index in [0.717, 1.165) is 0 Å². The molecule has 1 heterocycles. The zero-order valence-corrected chi connectivity index (χ0v) is 8.15. The summed E-state index contributed by atoms with van der Waals surface area (Å²) >= 11 is 0. The molecular formula is C9H11N3O3. The van der Waals surface area contributed by atoms with E-state index >= 15 is 0 Å². The van der Waals surface area contributed by atoms with E-state index in [1.165, 1.54) is 25.5 Å². The lowest BCUT2D eigenvalue weighted by atomic mass is 10.2. The molecule has 0 aliphatic rings. The Balaban J connectivity index is 2.76. The normalized spacial score (nSPS) is 9.40. The zero-order valence-electron chi connectivity index (χ0n) is 8.15. The van der Waals surface area contributed by atoms with Gasteiger partial charge in [-0.2, -0.15) is 0 Å². The number of carbonyl (C=O) groups is 2. The third-order valence-corrected chi connectivity index (χ3v) is 1.77. The SMILES string of the molecule is CNC(=O)CNc1ccncc1C(=O)O. The number of rotatable bonds is 4.